The number of amides is 1. The molecule has 0 spiro atoms. The molecule has 0 bridgehead atoms. The van der Waals surface area contributed by atoms with Crippen molar-refractivity contribution in [3.63, 3.8) is 0 Å². The van der Waals surface area contributed by atoms with Crippen LogP contribution in [0, 0.1) is 10.1 Å². The normalized spacial score (nSPS) is 19.3. The first kappa shape index (κ1) is 13.3. The third-order valence-electron chi connectivity index (χ3n) is 2.93. The van der Waals surface area contributed by atoms with Gasteiger partial charge >= 0.3 is 6.18 Å². The van der Waals surface area contributed by atoms with Gasteiger partial charge in [-0.2, -0.15) is 13.2 Å². The number of alkyl halides is 3. The van der Waals surface area contributed by atoms with Crippen molar-refractivity contribution in [2.75, 3.05) is 6.54 Å². The van der Waals surface area contributed by atoms with Crippen molar-refractivity contribution in [2.24, 2.45) is 0 Å². The van der Waals surface area contributed by atoms with E-state index in [0.29, 0.717) is 6.07 Å². The summed E-state index contributed by atoms with van der Waals surface area (Å²) in [7, 11) is 0. The number of halogens is 3. The first-order valence-electron chi connectivity index (χ1n) is 5.40. The van der Waals surface area contributed by atoms with Gasteiger partial charge in [0.2, 0.25) is 5.91 Å². The van der Waals surface area contributed by atoms with Crippen LogP contribution >= 0.6 is 0 Å². The summed E-state index contributed by atoms with van der Waals surface area (Å²) < 4.78 is 38.0. The summed E-state index contributed by atoms with van der Waals surface area (Å²) in [5, 5.41) is 13.2. The van der Waals surface area contributed by atoms with E-state index < -0.39 is 28.3 Å². The number of benzene rings is 1. The molecule has 19 heavy (non-hydrogen) atoms. The van der Waals surface area contributed by atoms with E-state index in [1.165, 1.54) is 0 Å². The lowest BCUT2D eigenvalue weighted by Crippen LogP contribution is -2.14. The second-order valence-electron chi connectivity index (χ2n) is 4.27. The first-order chi connectivity index (χ1) is 8.77. The van der Waals surface area contributed by atoms with Crippen molar-refractivity contribution >= 4 is 11.6 Å². The van der Waals surface area contributed by atoms with E-state index in [4.69, 9.17) is 0 Å². The van der Waals surface area contributed by atoms with Crippen molar-refractivity contribution in [3.05, 3.63) is 39.4 Å². The van der Waals surface area contributed by atoms with Crippen LogP contribution in [0.4, 0.5) is 18.9 Å². The molecule has 0 aliphatic carbocycles. The second-order valence-corrected chi connectivity index (χ2v) is 4.27. The molecule has 102 valence electrons. The van der Waals surface area contributed by atoms with Crippen molar-refractivity contribution in [1.82, 2.24) is 5.32 Å². The molecule has 0 radical (unpaired) electrons. The summed E-state index contributed by atoms with van der Waals surface area (Å²) in [5.41, 5.74) is -1.54. The predicted octanol–water partition coefficient (Wildman–Crippen LogP) is 2.22. The third-order valence-corrected chi connectivity index (χ3v) is 2.93. The van der Waals surface area contributed by atoms with E-state index >= 15 is 0 Å². The number of carbonyl (C=O) groups excluding carboxylic acids is 1. The Morgan fingerprint density at radius 3 is 2.47 bits per heavy atom. The van der Waals surface area contributed by atoms with Gasteiger partial charge in [-0.3, -0.25) is 14.9 Å². The quantitative estimate of drug-likeness (QED) is 0.663. The van der Waals surface area contributed by atoms with E-state index in [9.17, 15) is 28.1 Å². The molecule has 0 saturated carbocycles. The summed E-state index contributed by atoms with van der Waals surface area (Å²) in [6.07, 6.45) is -4.62. The highest BCUT2D eigenvalue weighted by Crippen LogP contribution is 2.35. The van der Waals surface area contributed by atoms with Crippen LogP contribution in [0.5, 0.6) is 0 Å². The summed E-state index contributed by atoms with van der Waals surface area (Å²) in [6, 6.07) is 2.44. The number of hydrogen-bond acceptors (Lipinski definition) is 3. The van der Waals surface area contributed by atoms with Crippen LogP contribution in [0.2, 0.25) is 0 Å². The van der Waals surface area contributed by atoms with Gasteiger partial charge in [-0.1, -0.05) is 0 Å². The number of carbonyl (C=O) groups is 1. The van der Waals surface area contributed by atoms with Gasteiger partial charge in [0.05, 0.1) is 10.5 Å². The molecule has 1 aromatic rings. The monoisotopic (exact) mass is 274 g/mol. The highest BCUT2D eigenvalue weighted by atomic mass is 19.4. The molecule has 1 atom stereocenters. The number of rotatable bonds is 2. The van der Waals surface area contributed by atoms with Gasteiger partial charge in [0.25, 0.3) is 5.69 Å². The van der Waals surface area contributed by atoms with Gasteiger partial charge in [-0.15, -0.1) is 0 Å². The Kier molecular flexibility index (Phi) is 3.17. The number of nitro benzene ring substituents is 1. The second kappa shape index (κ2) is 4.52. The molecule has 1 aromatic carbocycles. The maximum atomic E-state index is 12.7. The van der Waals surface area contributed by atoms with Crippen molar-refractivity contribution in [1.29, 1.82) is 0 Å². The lowest BCUT2D eigenvalue weighted by atomic mass is 9.95. The van der Waals surface area contributed by atoms with Crippen LogP contribution in [0.3, 0.4) is 0 Å². The fourth-order valence-electron chi connectivity index (χ4n) is 1.98. The molecule has 1 N–H and O–H groups in total. The van der Waals surface area contributed by atoms with Crippen molar-refractivity contribution in [3.8, 4) is 0 Å². The third kappa shape index (κ3) is 2.83. The molecule has 8 heteroatoms. The zero-order valence-corrected chi connectivity index (χ0v) is 9.53. The standard InChI is InChI=1S/C11H9F3N2O3/c12-11(13,14)8-1-6(2-9(4-8)16(18)19)7-3-10(17)15-5-7/h1-2,4,7H,3,5H2,(H,15,17). The number of nitro groups is 1. The Bertz CT molecular complexity index is 542. The van der Waals surface area contributed by atoms with E-state index in [0.717, 1.165) is 12.1 Å². The van der Waals surface area contributed by atoms with Gasteiger partial charge in [0.1, 0.15) is 0 Å². The summed E-state index contributed by atoms with van der Waals surface area (Å²) in [5.74, 6) is -0.737. The molecule has 5 nitrogen and oxygen atoms in total. The predicted molar refractivity (Wildman–Crippen MR) is 58.5 cm³/mol. The molecule has 2 rings (SSSR count). The van der Waals surface area contributed by atoms with Crippen LogP contribution in [0.25, 0.3) is 0 Å². The Morgan fingerprint density at radius 1 is 1.32 bits per heavy atom. The van der Waals surface area contributed by atoms with Crippen LogP contribution in [0.1, 0.15) is 23.5 Å². The Balaban J connectivity index is 2.45. The van der Waals surface area contributed by atoms with Crippen LogP contribution in [0.15, 0.2) is 18.2 Å². The molecule has 1 amide bonds. The van der Waals surface area contributed by atoms with E-state index in [2.05, 4.69) is 5.32 Å². The number of nitrogens with one attached hydrogen (secondary N) is 1. The zero-order valence-electron chi connectivity index (χ0n) is 9.53. The molecular formula is C11H9F3N2O3. The summed E-state index contributed by atoms with van der Waals surface area (Å²) >= 11 is 0. The molecule has 0 aromatic heterocycles. The summed E-state index contributed by atoms with van der Waals surface area (Å²) in [4.78, 5) is 20.9. The number of nitrogens with zero attached hydrogens (tertiary/aromatic N) is 1. The van der Waals surface area contributed by atoms with Crippen LogP contribution in [-0.2, 0) is 11.0 Å². The van der Waals surface area contributed by atoms with Crippen LogP contribution in [-0.4, -0.2) is 17.4 Å². The van der Waals surface area contributed by atoms with E-state index in [1.54, 1.807) is 0 Å². The lowest BCUT2D eigenvalue weighted by molar-refractivity contribution is -0.385. The number of hydrogen-bond donors (Lipinski definition) is 1. The molecule has 1 fully saturated rings. The lowest BCUT2D eigenvalue weighted by Gasteiger charge is -2.12. The molecule has 1 aliphatic heterocycles. The average molecular weight is 274 g/mol. The molecule has 1 unspecified atom stereocenters. The van der Waals surface area contributed by atoms with E-state index in [1.807, 2.05) is 0 Å². The van der Waals surface area contributed by atoms with Gasteiger partial charge in [-0.25, -0.2) is 0 Å². The molecule has 1 saturated heterocycles. The van der Waals surface area contributed by atoms with Gasteiger partial charge in [-0.05, 0) is 11.6 Å². The largest absolute Gasteiger partial charge is 0.416 e. The zero-order chi connectivity index (χ0) is 14.2. The minimum absolute atomic E-state index is 0.0401. The number of non-ortho nitro benzene ring substituents is 1. The maximum absolute atomic E-state index is 12.7. The Hall–Kier alpha value is -2.12. The van der Waals surface area contributed by atoms with Crippen molar-refractivity contribution in [2.45, 2.75) is 18.5 Å². The first-order valence-corrected chi connectivity index (χ1v) is 5.40. The Morgan fingerprint density at radius 2 is 2.00 bits per heavy atom. The minimum atomic E-state index is -4.66. The van der Waals surface area contributed by atoms with E-state index in [-0.39, 0.29) is 24.4 Å². The highest BCUT2D eigenvalue weighted by molar-refractivity contribution is 5.79. The maximum Gasteiger partial charge on any atom is 0.416 e. The smallest absolute Gasteiger partial charge is 0.355 e. The molecular weight excluding hydrogens is 265 g/mol. The van der Waals surface area contributed by atoms with Gasteiger partial charge < -0.3 is 5.32 Å². The average Bonchev–Trinajstić information content (AvgIpc) is 2.74. The van der Waals surface area contributed by atoms with Crippen molar-refractivity contribution < 1.29 is 22.9 Å². The topological polar surface area (TPSA) is 72.2 Å². The Labute approximate surface area is 105 Å². The van der Waals surface area contributed by atoms with Crippen LogP contribution < -0.4 is 5.32 Å². The minimum Gasteiger partial charge on any atom is -0.355 e. The SMILES string of the molecule is O=C1CC(c2cc([N+](=O)[O-])cc(C(F)(F)F)c2)CN1. The highest BCUT2D eigenvalue weighted by Gasteiger charge is 2.34. The van der Waals surface area contributed by atoms with Gasteiger partial charge in [0, 0.05) is 31.0 Å². The molecule has 1 heterocycles. The molecule has 1 aliphatic rings. The fourth-order valence-corrected chi connectivity index (χ4v) is 1.98. The van der Waals surface area contributed by atoms with Gasteiger partial charge in [0.15, 0.2) is 0 Å². The summed E-state index contributed by atoms with van der Waals surface area (Å²) in [6.45, 7) is 0.192. The fraction of sp³-hybridized carbons (Fsp3) is 0.364.